The van der Waals surface area contributed by atoms with Crippen LogP contribution >= 0.6 is 0 Å². The lowest BCUT2D eigenvalue weighted by molar-refractivity contribution is -0.165. The van der Waals surface area contributed by atoms with Crippen molar-refractivity contribution >= 4 is 11.8 Å². The highest BCUT2D eigenvalue weighted by Crippen LogP contribution is 2.38. The van der Waals surface area contributed by atoms with Crippen LogP contribution in [0, 0.1) is 5.92 Å². The lowest BCUT2D eigenvalue weighted by Gasteiger charge is -2.54. The Morgan fingerprint density at radius 1 is 0.861 bits per heavy atom. The number of piperazine rings is 1. The second-order valence-corrected chi connectivity index (χ2v) is 11.3. The number of nitrogens with zero attached hydrogens (tertiary/aromatic N) is 3. The van der Waals surface area contributed by atoms with Crippen molar-refractivity contribution in [3.63, 3.8) is 0 Å². The molecule has 2 atom stereocenters. The molecule has 2 aromatic carbocycles. The van der Waals surface area contributed by atoms with Crippen LogP contribution in [0.5, 0.6) is 0 Å². The van der Waals surface area contributed by atoms with Crippen LogP contribution in [0.25, 0.3) is 0 Å². The van der Waals surface area contributed by atoms with Crippen molar-refractivity contribution in [1.29, 1.82) is 0 Å². The molecule has 2 aromatic rings. The maximum atomic E-state index is 14.0. The molecule has 2 unspecified atom stereocenters. The van der Waals surface area contributed by atoms with Gasteiger partial charge in [-0.3, -0.25) is 19.4 Å². The van der Waals surface area contributed by atoms with Gasteiger partial charge >= 0.3 is 0 Å². The van der Waals surface area contributed by atoms with Crippen molar-refractivity contribution in [1.82, 2.24) is 20.0 Å². The highest BCUT2D eigenvalue weighted by Gasteiger charge is 2.56. The van der Waals surface area contributed by atoms with Gasteiger partial charge < -0.3 is 10.2 Å². The molecule has 3 aliphatic rings. The zero-order valence-electron chi connectivity index (χ0n) is 21.7. The molecule has 3 fully saturated rings. The van der Waals surface area contributed by atoms with Crippen molar-refractivity contribution in [2.75, 3.05) is 26.2 Å². The zero-order valence-corrected chi connectivity index (χ0v) is 21.7. The second kappa shape index (κ2) is 10.7. The standard InChI is InChI=1S/C30H40N4O2/c1-23(2)19-27-28(35)34(26-13-16-33(22-26)21-25-11-7-4-8-12-25)30(29(36)31-27)14-17-32(18-15-30)20-24-9-5-3-6-10-24/h3-12,23,26-27H,13-22H2,1-2H3,(H,31,36). The van der Waals surface area contributed by atoms with E-state index in [1.165, 1.54) is 11.1 Å². The zero-order chi connectivity index (χ0) is 25.1. The molecule has 0 bridgehead atoms. The third kappa shape index (κ3) is 5.21. The molecule has 2 amide bonds. The predicted molar refractivity (Wildman–Crippen MR) is 142 cm³/mol. The van der Waals surface area contributed by atoms with Crippen LogP contribution in [0.3, 0.4) is 0 Å². The summed E-state index contributed by atoms with van der Waals surface area (Å²) in [6.45, 7) is 9.44. The van der Waals surface area contributed by atoms with E-state index in [1.807, 2.05) is 12.1 Å². The molecular weight excluding hydrogens is 448 g/mol. The monoisotopic (exact) mass is 488 g/mol. The molecule has 1 N–H and O–H groups in total. The van der Waals surface area contributed by atoms with Gasteiger partial charge in [-0.05, 0) is 42.7 Å². The Kier molecular flexibility index (Phi) is 7.44. The molecule has 3 aliphatic heterocycles. The Balaban J connectivity index is 1.34. The number of hydrogen-bond acceptors (Lipinski definition) is 4. The molecule has 0 aromatic heterocycles. The van der Waals surface area contributed by atoms with E-state index >= 15 is 0 Å². The third-order valence-electron chi connectivity index (χ3n) is 8.23. The molecule has 192 valence electrons. The van der Waals surface area contributed by atoms with E-state index in [0.717, 1.165) is 45.7 Å². The summed E-state index contributed by atoms with van der Waals surface area (Å²) < 4.78 is 0. The molecule has 3 heterocycles. The predicted octanol–water partition coefficient (Wildman–Crippen LogP) is 3.67. The summed E-state index contributed by atoms with van der Waals surface area (Å²) in [5, 5.41) is 3.16. The summed E-state index contributed by atoms with van der Waals surface area (Å²) in [5.41, 5.74) is 1.85. The lowest BCUT2D eigenvalue weighted by Crippen LogP contribution is -2.75. The lowest BCUT2D eigenvalue weighted by atomic mass is 9.79. The first kappa shape index (κ1) is 25.0. The Labute approximate surface area is 215 Å². The van der Waals surface area contributed by atoms with Gasteiger partial charge in [0.15, 0.2) is 0 Å². The topological polar surface area (TPSA) is 55.9 Å². The molecule has 6 nitrogen and oxygen atoms in total. The van der Waals surface area contributed by atoms with Gasteiger partial charge in [-0.15, -0.1) is 0 Å². The third-order valence-corrected chi connectivity index (χ3v) is 8.23. The largest absolute Gasteiger partial charge is 0.342 e. The Hall–Kier alpha value is -2.70. The van der Waals surface area contributed by atoms with Gasteiger partial charge in [0.25, 0.3) is 0 Å². The molecule has 0 saturated carbocycles. The molecule has 5 rings (SSSR count). The van der Waals surface area contributed by atoms with E-state index < -0.39 is 11.6 Å². The fourth-order valence-corrected chi connectivity index (χ4v) is 6.40. The summed E-state index contributed by atoms with van der Waals surface area (Å²) in [5.74, 6) is 0.543. The van der Waals surface area contributed by atoms with Crippen LogP contribution < -0.4 is 5.32 Å². The molecule has 0 aliphatic carbocycles. The maximum absolute atomic E-state index is 14.0. The van der Waals surface area contributed by atoms with Gasteiger partial charge in [-0.2, -0.15) is 0 Å². The SMILES string of the molecule is CC(C)CC1NC(=O)C2(CCN(Cc3ccccc3)CC2)N(C2CCN(Cc3ccccc3)C2)C1=O. The molecule has 0 radical (unpaired) electrons. The Morgan fingerprint density at radius 2 is 1.44 bits per heavy atom. The number of amides is 2. The van der Waals surface area contributed by atoms with Gasteiger partial charge in [0.05, 0.1) is 0 Å². The van der Waals surface area contributed by atoms with Crippen LogP contribution in [-0.2, 0) is 22.7 Å². The number of rotatable bonds is 7. The van der Waals surface area contributed by atoms with E-state index in [2.05, 4.69) is 82.4 Å². The van der Waals surface area contributed by atoms with Crippen molar-refractivity contribution in [3.8, 4) is 0 Å². The van der Waals surface area contributed by atoms with Gasteiger partial charge in [-0.1, -0.05) is 74.5 Å². The number of nitrogens with one attached hydrogen (secondary N) is 1. The van der Waals surface area contributed by atoms with Crippen LogP contribution in [0.4, 0.5) is 0 Å². The summed E-state index contributed by atoms with van der Waals surface area (Å²) >= 11 is 0. The Bertz CT molecular complexity index is 1030. The number of benzene rings is 2. The van der Waals surface area contributed by atoms with Crippen LogP contribution in [0.1, 0.15) is 50.7 Å². The highest BCUT2D eigenvalue weighted by atomic mass is 16.2. The summed E-state index contributed by atoms with van der Waals surface area (Å²) in [6.07, 6.45) is 3.01. The highest BCUT2D eigenvalue weighted by molar-refractivity contribution is 6.00. The van der Waals surface area contributed by atoms with Crippen LogP contribution in [-0.4, -0.2) is 70.3 Å². The molecule has 6 heteroatoms. The quantitative estimate of drug-likeness (QED) is 0.646. The number of carbonyl (C=O) groups excluding carboxylic acids is 2. The van der Waals surface area contributed by atoms with Gasteiger partial charge in [-0.25, -0.2) is 0 Å². The minimum absolute atomic E-state index is 0.0635. The van der Waals surface area contributed by atoms with Crippen molar-refractivity contribution < 1.29 is 9.59 Å². The molecule has 36 heavy (non-hydrogen) atoms. The first-order valence-corrected chi connectivity index (χ1v) is 13.6. The number of piperidine rings is 1. The fraction of sp³-hybridized carbons (Fsp3) is 0.533. The summed E-state index contributed by atoms with van der Waals surface area (Å²) in [6, 6.07) is 20.7. The average Bonchev–Trinajstić information content (AvgIpc) is 3.32. The number of likely N-dealkylation sites (tertiary alicyclic amines) is 2. The van der Waals surface area contributed by atoms with E-state index in [9.17, 15) is 9.59 Å². The normalized spacial score (nSPS) is 25.0. The summed E-state index contributed by atoms with van der Waals surface area (Å²) in [4.78, 5) is 34.7. The van der Waals surface area contributed by atoms with Crippen LogP contribution in [0.2, 0.25) is 0 Å². The second-order valence-electron chi connectivity index (χ2n) is 11.3. The van der Waals surface area contributed by atoms with E-state index in [1.54, 1.807) is 0 Å². The van der Waals surface area contributed by atoms with Crippen molar-refractivity contribution in [3.05, 3.63) is 71.8 Å². The van der Waals surface area contributed by atoms with E-state index in [4.69, 9.17) is 0 Å². The Morgan fingerprint density at radius 3 is 2.03 bits per heavy atom. The molecule has 1 spiro atoms. The first-order valence-electron chi connectivity index (χ1n) is 13.6. The fourth-order valence-electron chi connectivity index (χ4n) is 6.40. The van der Waals surface area contributed by atoms with Gasteiger partial charge in [0.2, 0.25) is 11.8 Å². The maximum Gasteiger partial charge on any atom is 0.246 e. The van der Waals surface area contributed by atoms with Gasteiger partial charge in [0.1, 0.15) is 11.6 Å². The van der Waals surface area contributed by atoms with Crippen molar-refractivity contribution in [2.24, 2.45) is 5.92 Å². The first-order chi connectivity index (χ1) is 17.4. The minimum Gasteiger partial charge on any atom is -0.342 e. The van der Waals surface area contributed by atoms with E-state index in [-0.39, 0.29) is 17.9 Å². The average molecular weight is 489 g/mol. The molecular formula is C30H40N4O2. The smallest absolute Gasteiger partial charge is 0.246 e. The molecule has 3 saturated heterocycles. The summed E-state index contributed by atoms with van der Waals surface area (Å²) in [7, 11) is 0. The van der Waals surface area contributed by atoms with Gasteiger partial charge in [0, 0.05) is 45.3 Å². The van der Waals surface area contributed by atoms with E-state index in [0.29, 0.717) is 25.2 Å². The van der Waals surface area contributed by atoms with Crippen molar-refractivity contribution in [2.45, 2.75) is 70.2 Å². The number of carbonyl (C=O) groups is 2. The van der Waals surface area contributed by atoms with Crippen LogP contribution in [0.15, 0.2) is 60.7 Å². The number of hydrogen-bond donors (Lipinski definition) is 1. The minimum atomic E-state index is -0.731.